The van der Waals surface area contributed by atoms with Gasteiger partial charge in [0.05, 0.1) is 4.90 Å². The first kappa shape index (κ1) is 17.6. The predicted octanol–water partition coefficient (Wildman–Crippen LogP) is 3.26. The topological polar surface area (TPSA) is 40.6 Å². The Bertz CT molecular complexity index is 798. The molecule has 0 saturated carbocycles. The Kier molecular flexibility index (Phi) is 5.39. The van der Waals surface area contributed by atoms with E-state index in [0.29, 0.717) is 18.0 Å². The minimum Gasteiger partial charge on any atom is -0.296 e. The van der Waals surface area contributed by atoms with Gasteiger partial charge >= 0.3 is 0 Å². The zero-order chi connectivity index (χ0) is 17.2. The van der Waals surface area contributed by atoms with Crippen LogP contribution in [0.25, 0.3) is 0 Å². The van der Waals surface area contributed by atoms with Gasteiger partial charge in [0.1, 0.15) is 0 Å². The molecule has 1 aliphatic rings. The summed E-state index contributed by atoms with van der Waals surface area (Å²) in [4.78, 5) is 2.67. The fourth-order valence-electron chi connectivity index (χ4n) is 2.85. The van der Waals surface area contributed by atoms with Crippen LogP contribution in [0, 0.1) is 6.92 Å². The van der Waals surface area contributed by atoms with Gasteiger partial charge in [-0.1, -0.05) is 51.8 Å². The monoisotopic (exact) mass is 408 g/mol. The van der Waals surface area contributed by atoms with E-state index in [1.54, 1.807) is 16.4 Å². The molecule has 0 bridgehead atoms. The van der Waals surface area contributed by atoms with Gasteiger partial charge in [0.15, 0.2) is 0 Å². The summed E-state index contributed by atoms with van der Waals surface area (Å²) < 4.78 is 28.1. The van der Waals surface area contributed by atoms with Crippen molar-refractivity contribution in [3.05, 3.63) is 64.1 Å². The van der Waals surface area contributed by atoms with E-state index >= 15 is 0 Å². The lowest BCUT2D eigenvalue weighted by molar-refractivity contribution is 0.181. The molecule has 0 N–H and O–H groups in total. The van der Waals surface area contributed by atoms with Gasteiger partial charge in [-0.15, -0.1) is 0 Å². The molecule has 0 spiro atoms. The Balaban J connectivity index is 1.64. The van der Waals surface area contributed by atoms with Crippen LogP contribution in [0.1, 0.15) is 11.1 Å². The van der Waals surface area contributed by atoms with Crippen LogP contribution in [0.2, 0.25) is 0 Å². The molecule has 4 nitrogen and oxygen atoms in total. The third-order valence-corrected chi connectivity index (χ3v) is 7.03. The summed E-state index contributed by atoms with van der Waals surface area (Å²) in [5.41, 5.74) is 2.29. The smallest absolute Gasteiger partial charge is 0.243 e. The molecule has 128 valence electrons. The van der Waals surface area contributed by atoms with Crippen LogP contribution >= 0.6 is 15.9 Å². The van der Waals surface area contributed by atoms with Crippen LogP contribution in [-0.4, -0.2) is 43.8 Å². The molecule has 3 rings (SSSR count). The fourth-order valence-corrected chi connectivity index (χ4v) is 4.69. The Morgan fingerprint density at radius 2 is 1.58 bits per heavy atom. The predicted molar refractivity (Wildman–Crippen MR) is 99.4 cm³/mol. The molecule has 0 unspecified atom stereocenters. The third kappa shape index (κ3) is 3.88. The highest BCUT2D eigenvalue weighted by Gasteiger charge is 2.28. The van der Waals surface area contributed by atoms with Gasteiger partial charge in [0.25, 0.3) is 0 Å². The first-order chi connectivity index (χ1) is 11.5. The van der Waals surface area contributed by atoms with Crippen molar-refractivity contribution >= 4 is 26.0 Å². The van der Waals surface area contributed by atoms with Gasteiger partial charge in [-0.05, 0) is 30.7 Å². The second-order valence-electron chi connectivity index (χ2n) is 6.08. The lowest BCUT2D eigenvalue weighted by atomic mass is 10.2. The van der Waals surface area contributed by atoms with Gasteiger partial charge in [-0.25, -0.2) is 8.42 Å². The molecule has 2 aromatic carbocycles. The maximum Gasteiger partial charge on any atom is 0.243 e. The number of sulfonamides is 1. The van der Waals surface area contributed by atoms with Gasteiger partial charge in [-0.3, -0.25) is 4.90 Å². The Morgan fingerprint density at radius 3 is 2.21 bits per heavy atom. The molecular weight excluding hydrogens is 388 g/mol. The highest BCUT2D eigenvalue weighted by atomic mass is 79.9. The quantitative estimate of drug-likeness (QED) is 0.779. The molecule has 2 aromatic rings. The van der Waals surface area contributed by atoms with Crippen molar-refractivity contribution in [3.8, 4) is 0 Å². The summed E-state index contributed by atoms with van der Waals surface area (Å²) in [7, 11) is -3.39. The molecule has 0 aliphatic carbocycles. The first-order valence-electron chi connectivity index (χ1n) is 7.99. The highest BCUT2D eigenvalue weighted by Crippen LogP contribution is 2.21. The number of hydrogen-bond acceptors (Lipinski definition) is 3. The normalized spacial score (nSPS) is 17.1. The van der Waals surface area contributed by atoms with E-state index in [0.717, 1.165) is 29.7 Å². The van der Waals surface area contributed by atoms with Crippen molar-refractivity contribution in [3.63, 3.8) is 0 Å². The number of piperazine rings is 1. The molecule has 24 heavy (non-hydrogen) atoms. The molecule has 6 heteroatoms. The summed E-state index contributed by atoms with van der Waals surface area (Å²) in [6, 6.07) is 15.2. The number of rotatable bonds is 4. The van der Waals surface area contributed by atoms with Crippen LogP contribution in [0.4, 0.5) is 0 Å². The minimum absolute atomic E-state index is 0.382. The van der Waals surface area contributed by atoms with Crippen molar-refractivity contribution in [2.45, 2.75) is 18.4 Å². The van der Waals surface area contributed by atoms with E-state index in [-0.39, 0.29) is 0 Å². The molecule has 1 heterocycles. The maximum absolute atomic E-state index is 12.7. The number of halogens is 1. The third-order valence-electron chi connectivity index (χ3n) is 4.34. The Hall–Kier alpha value is -1.21. The molecule has 1 fully saturated rings. The number of nitrogens with zero attached hydrogens (tertiary/aromatic N) is 2. The van der Waals surface area contributed by atoms with E-state index in [9.17, 15) is 8.42 Å². The van der Waals surface area contributed by atoms with Crippen LogP contribution in [0.5, 0.6) is 0 Å². The standard InChI is InChI=1S/C18H21BrN2O2S/c1-15-6-8-17(9-7-15)24(22,23)21-12-10-20(11-13-21)14-16-4-2-3-5-18(16)19/h2-9H,10-14H2,1H3. The second-order valence-corrected chi connectivity index (χ2v) is 8.88. The lowest BCUT2D eigenvalue weighted by Crippen LogP contribution is -2.48. The molecule has 0 aromatic heterocycles. The summed E-state index contributed by atoms with van der Waals surface area (Å²) in [6.45, 7) is 5.33. The number of aryl methyl sites for hydroxylation is 1. The Morgan fingerprint density at radius 1 is 0.958 bits per heavy atom. The van der Waals surface area contributed by atoms with Crippen LogP contribution in [0.15, 0.2) is 57.9 Å². The summed E-state index contributed by atoms with van der Waals surface area (Å²) in [5.74, 6) is 0. The van der Waals surface area contributed by atoms with Gasteiger partial charge < -0.3 is 0 Å². The SMILES string of the molecule is Cc1ccc(S(=O)(=O)N2CCN(Cc3ccccc3Br)CC2)cc1. The van der Waals surface area contributed by atoms with Crippen molar-refractivity contribution in [1.29, 1.82) is 0 Å². The first-order valence-corrected chi connectivity index (χ1v) is 10.2. The number of hydrogen-bond donors (Lipinski definition) is 0. The van der Waals surface area contributed by atoms with Crippen molar-refractivity contribution in [1.82, 2.24) is 9.21 Å². The second kappa shape index (κ2) is 7.35. The van der Waals surface area contributed by atoms with Gasteiger partial charge in [0.2, 0.25) is 10.0 Å². The molecule has 1 aliphatic heterocycles. The van der Waals surface area contributed by atoms with E-state index in [1.807, 2.05) is 37.3 Å². The van der Waals surface area contributed by atoms with Crippen molar-refractivity contribution < 1.29 is 8.42 Å². The zero-order valence-corrected chi connectivity index (χ0v) is 16.1. The van der Waals surface area contributed by atoms with E-state index in [4.69, 9.17) is 0 Å². The average molecular weight is 409 g/mol. The minimum atomic E-state index is -3.39. The zero-order valence-electron chi connectivity index (χ0n) is 13.7. The Labute approximate surface area is 152 Å². The fraction of sp³-hybridized carbons (Fsp3) is 0.333. The number of benzene rings is 2. The summed E-state index contributed by atoms with van der Waals surface area (Å²) >= 11 is 3.57. The van der Waals surface area contributed by atoms with E-state index in [2.05, 4.69) is 26.9 Å². The van der Waals surface area contributed by atoms with Gasteiger partial charge in [0, 0.05) is 37.2 Å². The van der Waals surface area contributed by atoms with Crippen LogP contribution in [-0.2, 0) is 16.6 Å². The van der Waals surface area contributed by atoms with E-state index in [1.165, 1.54) is 5.56 Å². The largest absolute Gasteiger partial charge is 0.296 e. The molecule has 1 saturated heterocycles. The average Bonchev–Trinajstić information content (AvgIpc) is 2.58. The summed E-state index contributed by atoms with van der Waals surface area (Å²) in [5, 5.41) is 0. The molecule has 0 radical (unpaired) electrons. The molecule has 0 amide bonds. The van der Waals surface area contributed by atoms with Crippen LogP contribution < -0.4 is 0 Å². The maximum atomic E-state index is 12.7. The summed E-state index contributed by atoms with van der Waals surface area (Å²) in [6.07, 6.45) is 0. The van der Waals surface area contributed by atoms with Crippen LogP contribution in [0.3, 0.4) is 0 Å². The lowest BCUT2D eigenvalue weighted by Gasteiger charge is -2.34. The molecular formula is C18H21BrN2O2S. The molecule has 0 atom stereocenters. The van der Waals surface area contributed by atoms with Gasteiger partial charge in [-0.2, -0.15) is 4.31 Å². The highest BCUT2D eigenvalue weighted by molar-refractivity contribution is 9.10. The van der Waals surface area contributed by atoms with Crippen molar-refractivity contribution in [2.75, 3.05) is 26.2 Å². The van der Waals surface area contributed by atoms with Crippen molar-refractivity contribution in [2.24, 2.45) is 0 Å². The van der Waals surface area contributed by atoms with E-state index < -0.39 is 10.0 Å².